The molecule has 0 aliphatic carbocycles. The third-order valence-electron chi connectivity index (χ3n) is 10.3. The second-order valence-corrected chi connectivity index (χ2v) is 13.3. The van der Waals surface area contributed by atoms with Crippen molar-refractivity contribution in [2.75, 3.05) is 4.90 Å². The van der Waals surface area contributed by atoms with Gasteiger partial charge in [0.15, 0.2) is 0 Å². The van der Waals surface area contributed by atoms with Crippen LogP contribution in [0.2, 0.25) is 0 Å². The molecule has 1 heterocycles. The Balaban J connectivity index is 1.14. The lowest BCUT2D eigenvalue weighted by Crippen LogP contribution is -2.10. The van der Waals surface area contributed by atoms with Gasteiger partial charge in [-0.3, -0.25) is 0 Å². The van der Waals surface area contributed by atoms with Gasteiger partial charge in [-0.1, -0.05) is 158 Å². The number of hydrogen-bond donors (Lipinski definition) is 0. The molecule has 0 N–H and O–H groups in total. The Morgan fingerprint density at radius 3 is 1.56 bits per heavy atom. The predicted molar refractivity (Wildman–Crippen MR) is 220 cm³/mol. The molecule has 2 heteroatoms. The summed E-state index contributed by atoms with van der Waals surface area (Å²) < 4.78 is 6.65. The van der Waals surface area contributed by atoms with E-state index < -0.39 is 0 Å². The van der Waals surface area contributed by atoms with Gasteiger partial charge in [0, 0.05) is 22.1 Å². The molecular weight excluding hydrogens is 631 g/mol. The molecule has 0 fully saturated rings. The fourth-order valence-corrected chi connectivity index (χ4v) is 7.81. The molecule has 10 aromatic rings. The van der Waals surface area contributed by atoms with E-state index in [-0.39, 0.29) is 0 Å². The molecule has 9 aromatic carbocycles. The largest absolute Gasteiger partial charge is 0.455 e. The zero-order chi connectivity index (χ0) is 34.4. The molecule has 244 valence electrons. The summed E-state index contributed by atoms with van der Waals surface area (Å²) >= 11 is 0. The number of benzene rings is 9. The van der Waals surface area contributed by atoms with Gasteiger partial charge >= 0.3 is 0 Å². The van der Waals surface area contributed by atoms with Crippen LogP contribution < -0.4 is 4.90 Å². The second-order valence-electron chi connectivity index (χ2n) is 13.3. The number of hydrogen-bond acceptors (Lipinski definition) is 2. The third-order valence-corrected chi connectivity index (χ3v) is 10.3. The number of fused-ring (bicyclic) bond motifs is 6. The van der Waals surface area contributed by atoms with E-state index in [4.69, 9.17) is 4.42 Å². The molecule has 1 aromatic heterocycles. The van der Waals surface area contributed by atoms with Crippen LogP contribution in [0.4, 0.5) is 17.1 Å². The van der Waals surface area contributed by atoms with E-state index in [1.54, 1.807) is 0 Å². The number of rotatable bonds is 6. The molecule has 2 nitrogen and oxygen atoms in total. The molecule has 0 saturated heterocycles. The van der Waals surface area contributed by atoms with Crippen LogP contribution in [0.1, 0.15) is 0 Å². The summed E-state index contributed by atoms with van der Waals surface area (Å²) in [7, 11) is 0. The molecule has 0 aliphatic rings. The maximum atomic E-state index is 6.65. The standard InChI is InChI=1S/C50H33NO/c1-2-12-34(13-3-1)41-18-8-9-19-43(41)37-24-29-39(30-25-37)51(40-31-26-38(27-32-40)44-21-10-16-35-14-4-6-17-42(35)44)47-22-11-23-48-49(47)46-33-28-36-15-5-7-20-45(36)50(46)52-48/h1-33H. The summed E-state index contributed by atoms with van der Waals surface area (Å²) in [4.78, 5) is 2.37. The van der Waals surface area contributed by atoms with E-state index in [1.165, 1.54) is 49.5 Å². The van der Waals surface area contributed by atoms with Crippen LogP contribution in [0.25, 0.3) is 76.9 Å². The molecule has 10 rings (SSSR count). The van der Waals surface area contributed by atoms with Gasteiger partial charge in [-0.25, -0.2) is 0 Å². The average Bonchev–Trinajstić information content (AvgIpc) is 3.62. The van der Waals surface area contributed by atoms with Crippen molar-refractivity contribution in [1.82, 2.24) is 0 Å². The van der Waals surface area contributed by atoms with Gasteiger partial charge in [0.1, 0.15) is 11.2 Å². The lowest BCUT2D eigenvalue weighted by atomic mass is 9.94. The highest BCUT2D eigenvalue weighted by Crippen LogP contribution is 2.45. The Kier molecular flexibility index (Phi) is 7.18. The van der Waals surface area contributed by atoms with Crippen molar-refractivity contribution in [2.45, 2.75) is 0 Å². The van der Waals surface area contributed by atoms with Crippen molar-refractivity contribution in [2.24, 2.45) is 0 Å². The van der Waals surface area contributed by atoms with Crippen molar-refractivity contribution in [3.05, 3.63) is 200 Å². The Bertz CT molecular complexity index is 2880. The van der Waals surface area contributed by atoms with Crippen LogP contribution >= 0.6 is 0 Å². The Hall–Kier alpha value is -6.90. The van der Waals surface area contributed by atoms with Gasteiger partial charge in [-0.05, 0) is 92.0 Å². The minimum atomic E-state index is 0.870. The highest BCUT2D eigenvalue weighted by atomic mass is 16.3. The van der Waals surface area contributed by atoms with Crippen LogP contribution in [0.15, 0.2) is 205 Å². The molecule has 0 bridgehead atoms. The molecule has 0 aliphatic heterocycles. The molecule has 0 unspecified atom stereocenters. The summed E-state index contributed by atoms with van der Waals surface area (Å²) in [5.41, 5.74) is 12.2. The zero-order valence-corrected chi connectivity index (χ0v) is 28.4. The maximum Gasteiger partial charge on any atom is 0.143 e. The third kappa shape index (κ3) is 5.04. The van der Waals surface area contributed by atoms with Crippen LogP contribution in [0, 0.1) is 0 Å². The van der Waals surface area contributed by atoms with Gasteiger partial charge in [0.2, 0.25) is 0 Å². The highest BCUT2D eigenvalue weighted by Gasteiger charge is 2.21. The quantitative estimate of drug-likeness (QED) is 0.176. The van der Waals surface area contributed by atoms with E-state index >= 15 is 0 Å². The zero-order valence-electron chi connectivity index (χ0n) is 28.4. The number of furan rings is 1. The maximum absolute atomic E-state index is 6.65. The minimum absolute atomic E-state index is 0.870. The summed E-state index contributed by atoms with van der Waals surface area (Å²) in [6.45, 7) is 0. The molecule has 0 atom stereocenters. The summed E-state index contributed by atoms with van der Waals surface area (Å²) in [6, 6.07) is 71.6. The topological polar surface area (TPSA) is 16.4 Å². The fourth-order valence-electron chi connectivity index (χ4n) is 7.81. The number of anilines is 3. The first-order valence-electron chi connectivity index (χ1n) is 17.8. The number of nitrogens with zero attached hydrogens (tertiary/aromatic N) is 1. The molecule has 0 spiro atoms. The first kappa shape index (κ1) is 30.0. The smallest absolute Gasteiger partial charge is 0.143 e. The molecular formula is C50H33NO. The van der Waals surface area contributed by atoms with Crippen LogP contribution in [0.3, 0.4) is 0 Å². The minimum Gasteiger partial charge on any atom is -0.455 e. The Morgan fingerprint density at radius 1 is 0.327 bits per heavy atom. The fraction of sp³-hybridized carbons (Fsp3) is 0. The lowest BCUT2D eigenvalue weighted by Gasteiger charge is -2.27. The van der Waals surface area contributed by atoms with Crippen LogP contribution in [0.5, 0.6) is 0 Å². The van der Waals surface area contributed by atoms with Crippen molar-refractivity contribution in [1.29, 1.82) is 0 Å². The molecule has 0 saturated carbocycles. The van der Waals surface area contributed by atoms with Gasteiger partial charge in [-0.15, -0.1) is 0 Å². The summed E-state index contributed by atoms with van der Waals surface area (Å²) in [5, 5.41) is 6.99. The van der Waals surface area contributed by atoms with Gasteiger partial charge in [-0.2, -0.15) is 0 Å². The average molecular weight is 664 g/mol. The van der Waals surface area contributed by atoms with E-state index in [0.717, 1.165) is 44.4 Å². The van der Waals surface area contributed by atoms with E-state index in [1.807, 2.05) is 0 Å². The van der Waals surface area contributed by atoms with Crippen molar-refractivity contribution >= 4 is 60.5 Å². The van der Waals surface area contributed by atoms with Gasteiger partial charge in [0.25, 0.3) is 0 Å². The van der Waals surface area contributed by atoms with Gasteiger partial charge in [0.05, 0.1) is 11.1 Å². The monoisotopic (exact) mass is 663 g/mol. The molecule has 52 heavy (non-hydrogen) atoms. The Labute approximate surface area is 302 Å². The van der Waals surface area contributed by atoms with E-state index in [9.17, 15) is 0 Å². The van der Waals surface area contributed by atoms with Crippen molar-refractivity contribution < 1.29 is 4.42 Å². The van der Waals surface area contributed by atoms with Gasteiger partial charge < -0.3 is 9.32 Å². The van der Waals surface area contributed by atoms with E-state index in [2.05, 4.69) is 205 Å². The van der Waals surface area contributed by atoms with Crippen molar-refractivity contribution in [3.8, 4) is 33.4 Å². The predicted octanol–water partition coefficient (Wildman–Crippen LogP) is 14.4. The summed E-state index contributed by atoms with van der Waals surface area (Å²) in [5.74, 6) is 0. The molecule has 0 radical (unpaired) electrons. The van der Waals surface area contributed by atoms with Crippen LogP contribution in [-0.4, -0.2) is 0 Å². The summed E-state index contributed by atoms with van der Waals surface area (Å²) in [6.07, 6.45) is 0. The second kappa shape index (κ2) is 12.5. The SMILES string of the molecule is c1ccc(-c2ccccc2-c2ccc(N(c3ccc(-c4cccc5ccccc45)cc3)c3cccc4oc5c6ccccc6ccc5c34)cc2)cc1. The first-order chi connectivity index (χ1) is 25.8. The lowest BCUT2D eigenvalue weighted by molar-refractivity contribution is 0.672. The Morgan fingerprint density at radius 2 is 0.846 bits per heavy atom. The highest BCUT2D eigenvalue weighted by molar-refractivity contribution is 6.19. The molecule has 0 amide bonds. The van der Waals surface area contributed by atoms with Crippen LogP contribution in [-0.2, 0) is 0 Å². The van der Waals surface area contributed by atoms with Crippen molar-refractivity contribution in [3.63, 3.8) is 0 Å². The van der Waals surface area contributed by atoms with E-state index in [0.29, 0.717) is 0 Å². The normalized spacial score (nSPS) is 11.5. The first-order valence-corrected chi connectivity index (χ1v) is 17.8.